The summed E-state index contributed by atoms with van der Waals surface area (Å²) in [4.78, 5) is 24.6. The molecule has 1 aromatic heterocycles. The van der Waals surface area contributed by atoms with Crippen LogP contribution in [0.15, 0.2) is 18.5 Å². The summed E-state index contributed by atoms with van der Waals surface area (Å²) in [5, 5.41) is 0. The number of hydrogen-bond acceptors (Lipinski definition) is 4. The van der Waals surface area contributed by atoms with Gasteiger partial charge in [0.15, 0.2) is 0 Å². The van der Waals surface area contributed by atoms with Crippen molar-refractivity contribution in [1.29, 1.82) is 0 Å². The molecule has 1 aliphatic rings. The summed E-state index contributed by atoms with van der Waals surface area (Å²) in [7, 11) is 0. The molecule has 0 N–H and O–H groups in total. The Morgan fingerprint density at radius 1 is 1.21 bits per heavy atom. The fourth-order valence-electron chi connectivity index (χ4n) is 2.18. The molecule has 0 atom stereocenters. The average molecular weight is 262 g/mol. The van der Waals surface area contributed by atoms with Gasteiger partial charge >= 0.3 is 0 Å². The maximum absolute atomic E-state index is 12.0. The summed E-state index contributed by atoms with van der Waals surface area (Å²) in [6.07, 6.45) is 5.14. The molecule has 1 amide bonds. The Bertz CT molecular complexity index is 399. The third kappa shape index (κ3) is 3.91. The van der Waals surface area contributed by atoms with Gasteiger partial charge in [-0.25, -0.2) is 9.97 Å². The van der Waals surface area contributed by atoms with E-state index in [9.17, 15) is 4.79 Å². The van der Waals surface area contributed by atoms with Gasteiger partial charge in [0.2, 0.25) is 11.9 Å². The second kappa shape index (κ2) is 6.50. The molecular weight excluding hydrogens is 240 g/mol. The number of hydrogen-bond donors (Lipinski definition) is 0. The third-order valence-electron chi connectivity index (χ3n) is 3.40. The number of carbonyl (C=O) groups excluding carboxylic acids is 1. The van der Waals surface area contributed by atoms with Crippen molar-refractivity contribution in [2.45, 2.75) is 26.7 Å². The first kappa shape index (κ1) is 13.8. The monoisotopic (exact) mass is 262 g/mol. The molecule has 5 nitrogen and oxygen atoms in total. The molecule has 2 rings (SSSR count). The van der Waals surface area contributed by atoms with E-state index < -0.39 is 0 Å². The van der Waals surface area contributed by atoms with Crippen molar-refractivity contribution in [3.63, 3.8) is 0 Å². The lowest BCUT2D eigenvalue weighted by Gasteiger charge is -2.34. The molecule has 5 heteroatoms. The summed E-state index contributed by atoms with van der Waals surface area (Å²) in [5.41, 5.74) is 0. The van der Waals surface area contributed by atoms with Gasteiger partial charge in [0.05, 0.1) is 0 Å². The summed E-state index contributed by atoms with van der Waals surface area (Å²) in [6.45, 7) is 7.48. The first-order chi connectivity index (χ1) is 9.16. The zero-order valence-corrected chi connectivity index (χ0v) is 11.7. The predicted molar refractivity (Wildman–Crippen MR) is 74.9 cm³/mol. The minimum absolute atomic E-state index is 0.280. The smallest absolute Gasteiger partial charge is 0.225 e. The molecule has 0 spiro atoms. The molecule has 0 aromatic carbocycles. The van der Waals surface area contributed by atoms with Gasteiger partial charge in [-0.15, -0.1) is 0 Å². The Morgan fingerprint density at radius 2 is 1.84 bits per heavy atom. The third-order valence-corrected chi connectivity index (χ3v) is 3.40. The van der Waals surface area contributed by atoms with Crippen LogP contribution in [0.25, 0.3) is 0 Å². The van der Waals surface area contributed by atoms with E-state index in [4.69, 9.17) is 0 Å². The molecule has 2 heterocycles. The SMILES string of the molecule is CC(C)CCC(=O)N1CCN(c2ncccn2)CC1. The first-order valence-electron chi connectivity index (χ1n) is 6.96. The van der Waals surface area contributed by atoms with Crippen LogP contribution < -0.4 is 4.90 Å². The Labute approximate surface area is 114 Å². The quantitative estimate of drug-likeness (QED) is 0.826. The van der Waals surface area contributed by atoms with Gasteiger partial charge in [-0.05, 0) is 18.4 Å². The fraction of sp³-hybridized carbons (Fsp3) is 0.643. The minimum atomic E-state index is 0.280. The molecule has 0 unspecified atom stereocenters. The number of rotatable bonds is 4. The van der Waals surface area contributed by atoms with Gasteiger partial charge in [0, 0.05) is 45.0 Å². The van der Waals surface area contributed by atoms with E-state index in [0.29, 0.717) is 12.3 Å². The van der Waals surface area contributed by atoms with Crippen LogP contribution in [0.5, 0.6) is 0 Å². The number of amides is 1. The largest absolute Gasteiger partial charge is 0.339 e. The van der Waals surface area contributed by atoms with Gasteiger partial charge < -0.3 is 9.80 Å². The highest BCUT2D eigenvalue weighted by molar-refractivity contribution is 5.76. The highest BCUT2D eigenvalue weighted by Crippen LogP contribution is 2.12. The van der Waals surface area contributed by atoms with Crippen molar-refractivity contribution >= 4 is 11.9 Å². The lowest BCUT2D eigenvalue weighted by atomic mass is 10.1. The number of aromatic nitrogens is 2. The van der Waals surface area contributed by atoms with Gasteiger partial charge in [0.25, 0.3) is 0 Å². The fourth-order valence-corrected chi connectivity index (χ4v) is 2.18. The van der Waals surface area contributed by atoms with Crippen molar-refractivity contribution in [3.8, 4) is 0 Å². The molecule has 1 saturated heterocycles. The summed E-state index contributed by atoms with van der Waals surface area (Å²) < 4.78 is 0. The second-order valence-corrected chi connectivity index (χ2v) is 5.35. The average Bonchev–Trinajstić information content (AvgIpc) is 2.46. The Kier molecular flexibility index (Phi) is 4.71. The summed E-state index contributed by atoms with van der Waals surface area (Å²) in [6, 6.07) is 1.81. The molecule has 0 saturated carbocycles. The normalized spacial score (nSPS) is 15.9. The van der Waals surface area contributed by atoms with Crippen molar-refractivity contribution in [2.24, 2.45) is 5.92 Å². The molecule has 0 aliphatic carbocycles. The van der Waals surface area contributed by atoms with Crippen LogP contribution in [0.2, 0.25) is 0 Å². The molecule has 1 aliphatic heterocycles. The van der Waals surface area contributed by atoms with Crippen LogP contribution in [-0.2, 0) is 4.79 Å². The van der Waals surface area contributed by atoms with E-state index in [1.54, 1.807) is 12.4 Å². The highest BCUT2D eigenvalue weighted by Gasteiger charge is 2.22. The predicted octanol–water partition coefficient (Wildman–Crippen LogP) is 1.56. The Hall–Kier alpha value is -1.65. The zero-order valence-electron chi connectivity index (χ0n) is 11.7. The Morgan fingerprint density at radius 3 is 2.42 bits per heavy atom. The first-order valence-corrected chi connectivity index (χ1v) is 6.96. The van der Waals surface area contributed by atoms with E-state index >= 15 is 0 Å². The van der Waals surface area contributed by atoms with E-state index in [0.717, 1.165) is 38.5 Å². The van der Waals surface area contributed by atoms with E-state index in [2.05, 4.69) is 28.7 Å². The molecule has 104 valence electrons. The number of carbonyl (C=O) groups is 1. The summed E-state index contributed by atoms with van der Waals surface area (Å²) >= 11 is 0. The van der Waals surface area contributed by atoms with E-state index in [1.165, 1.54) is 0 Å². The van der Waals surface area contributed by atoms with Crippen LogP contribution in [0.4, 0.5) is 5.95 Å². The highest BCUT2D eigenvalue weighted by atomic mass is 16.2. The molecule has 1 fully saturated rings. The van der Waals surface area contributed by atoms with Crippen LogP contribution in [0.3, 0.4) is 0 Å². The number of anilines is 1. The van der Waals surface area contributed by atoms with Crippen LogP contribution >= 0.6 is 0 Å². The maximum Gasteiger partial charge on any atom is 0.225 e. The van der Waals surface area contributed by atoms with Gasteiger partial charge in [-0.1, -0.05) is 13.8 Å². The topological polar surface area (TPSA) is 49.3 Å². The molecular formula is C14H22N4O. The second-order valence-electron chi connectivity index (χ2n) is 5.35. The lowest BCUT2D eigenvalue weighted by molar-refractivity contribution is -0.131. The van der Waals surface area contributed by atoms with Crippen molar-refractivity contribution in [1.82, 2.24) is 14.9 Å². The van der Waals surface area contributed by atoms with Gasteiger partial charge in [-0.3, -0.25) is 4.79 Å². The van der Waals surface area contributed by atoms with Crippen molar-refractivity contribution in [2.75, 3.05) is 31.1 Å². The van der Waals surface area contributed by atoms with Crippen LogP contribution in [-0.4, -0.2) is 47.0 Å². The number of piperazine rings is 1. The molecule has 1 aromatic rings. The summed E-state index contributed by atoms with van der Waals surface area (Å²) in [5.74, 6) is 1.63. The number of nitrogens with zero attached hydrogens (tertiary/aromatic N) is 4. The maximum atomic E-state index is 12.0. The van der Waals surface area contributed by atoms with Crippen molar-refractivity contribution in [3.05, 3.63) is 18.5 Å². The van der Waals surface area contributed by atoms with Gasteiger partial charge in [0.1, 0.15) is 0 Å². The van der Waals surface area contributed by atoms with Crippen LogP contribution in [0.1, 0.15) is 26.7 Å². The van der Waals surface area contributed by atoms with Crippen molar-refractivity contribution < 1.29 is 4.79 Å². The Balaban J connectivity index is 1.81. The molecule has 19 heavy (non-hydrogen) atoms. The zero-order chi connectivity index (χ0) is 13.7. The minimum Gasteiger partial charge on any atom is -0.339 e. The molecule has 0 radical (unpaired) electrons. The van der Waals surface area contributed by atoms with Crippen LogP contribution in [0, 0.1) is 5.92 Å². The van der Waals surface area contributed by atoms with Gasteiger partial charge in [-0.2, -0.15) is 0 Å². The lowest BCUT2D eigenvalue weighted by Crippen LogP contribution is -2.49. The van der Waals surface area contributed by atoms with E-state index in [-0.39, 0.29) is 5.91 Å². The standard InChI is InChI=1S/C14H22N4O/c1-12(2)4-5-13(19)17-8-10-18(11-9-17)14-15-6-3-7-16-14/h3,6-7,12H,4-5,8-11H2,1-2H3. The molecule has 0 bridgehead atoms. The van der Waals surface area contributed by atoms with E-state index in [1.807, 2.05) is 11.0 Å².